The highest BCUT2D eigenvalue weighted by Gasteiger charge is 2.05. The van der Waals surface area contributed by atoms with Gasteiger partial charge in [-0.25, -0.2) is 0 Å². The van der Waals surface area contributed by atoms with Gasteiger partial charge >= 0.3 is 0 Å². The topological polar surface area (TPSA) is 42.2 Å². The lowest BCUT2D eigenvalue weighted by atomic mass is 10.3. The number of aryl methyl sites for hydroxylation is 1. The van der Waals surface area contributed by atoms with Gasteiger partial charge in [0.25, 0.3) is 5.91 Å². The van der Waals surface area contributed by atoms with Crippen molar-refractivity contribution < 1.29 is 9.21 Å². The average molecular weight is 139 g/mol. The number of carbonyl (C=O) groups excluding carboxylic acids is 1. The van der Waals surface area contributed by atoms with Crippen LogP contribution in [0.5, 0.6) is 0 Å². The van der Waals surface area contributed by atoms with Gasteiger partial charge < -0.3 is 9.73 Å². The Kier molecular flexibility index (Phi) is 1.76. The molecule has 0 spiro atoms. The lowest BCUT2D eigenvalue weighted by molar-refractivity contribution is 0.0935. The van der Waals surface area contributed by atoms with Gasteiger partial charge in [0.2, 0.25) is 0 Å². The maximum atomic E-state index is 10.8. The Morgan fingerprint density at radius 2 is 2.40 bits per heavy atom. The van der Waals surface area contributed by atoms with Crippen LogP contribution in [0.15, 0.2) is 16.7 Å². The third kappa shape index (κ3) is 1.18. The first kappa shape index (κ1) is 6.86. The van der Waals surface area contributed by atoms with Crippen molar-refractivity contribution in [1.82, 2.24) is 5.32 Å². The smallest absolute Gasteiger partial charge is 0.286 e. The van der Waals surface area contributed by atoms with Crippen molar-refractivity contribution in [2.45, 2.75) is 6.92 Å². The average Bonchev–Trinajstić information content (AvgIpc) is 2.34. The summed E-state index contributed by atoms with van der Waals surface area (Å²) in [6.45, 7) is 1.87. The Morgan fingerprint density at radius 3 is 2.80 bits per heavy atom. The molecule has 0 fully saturated rings. The third-order valence-electron chi connectivity index (χ3n) is 1.18. The van der Waals surface area contributed by atoms with Crippen LogP contribution in [0, 0.1) is 6.92 Å². The molecule has 0 aliphatic heterocycles. The van der Waals surface area contributed by atoms with Crippen LogP contribution < -0.4 is 5.32 Å². The second-order valence-electron chi connectivity index (χ2n) is 2.07. The first-order chi connectivity index (χ1) is 4.74. The highest BCUT2D eigenvalue weighted by atomic mass is 16.3. The molecule has 1 rings (SSSR count). The maximum Gasteiger partial charge on any atom is 0.286 e. The van der Waals surface area contributed by atoms with E-state index in [1.54, 1.807) is 19.4 Å². The van der Waals surface area contributed by atoms with Gasteiger partial charge in [-0.3, -0.25) is 4.79 Å². The summed E-state index contributed by atoms with van der Waals surface area (Å²) in [6, 6.07) is 1.69. The summed E-state index contributed by atoms with van der Waals surface area (Å²) >= 11 is 0. The molecule has 0 aromatic carbocycles. The number of carbonyl (C=O) groups is 1. The zero-order valence-electron chi connectivity index (χ0n) is 5.97. The van der Waals surface area contributed by atoms with E-state index in [2.05, 4.69) is 5.32 Å². The van der Waals surface area contributed by atoms with Gasteiger partial charge in [-0.15, -0.1) is 0 Å². The molecule has 0 bridgehead atoms. The molecule has 1 heterocycles. The fraction of sp³-hybridized carbons (Fsp3) is 0.286. The molecule has 0 atom stereocenters. The van der Waals surface area contributed by atoms with Crippen molar-refractivity contribution >= 4 is 5.91 Å². The molecule has 0 aliphatic carbocycles. The van der Waals surface area contributed by atoms with E-state index in [1.807, 2.05) is 6.92 Å². The zero-order valence-corrected chi connectivity index (χ0v) is 5.97. The number of hydrogen-bond donors (Lipinski definition) is 1. The Hall–Kier alpha value is -1.25. The quantitative estimate of drug-likeness (QED) is 0.629. The van der Waals surface area contributed by atoms with Gasteiger partial charge in [0.1, 0.15) is 0 Å². The van der Waals surface area contributed by atoms with E-state index in [0.29, 0.717) is 5.76 Å². The lowest BCUT2D eigenvalue weighted by Gasteiger charge is -1.90. The fourth-order valence-corrected chi connectivity index (χ4v) is 0.674. The summed E-state index contributed by atoms with van der Waals surface area (Å²) in [6.07, 6.45) is 1.55. The number of amides is 1. The summed E-state index contributed by atoms with van der Waals surface area (Å²) in [4.78, 5) is 10.8. The normalized spacial score (nSPS) is 9.40. The van der Waals surface area contributed by atoms with Crippen molar-refractivity contribution in [3.8, 4) is 0 Å². The molecule has 3 heteroatoms. The number of furan rings is 1. The van der Waals surface area contributed by atoms with E-state index in [9.17, 15) is 4.79 Å². The second-order valence-corrected chi connectivity index (χ2v) is 2.07. The second kappa shape index (κ2) is 2.56. The predicted octanol–water partition coefficient (Wildman–Crippen LogP) is 0.948. The molecule has 10 heavy (non-hydrogen) atoms. The Bertz CT molecular complexity index is 240. The van der Waals surface area contributed by atoms with Crippen molar-refractivity contribution in [2.75, 3.05) is 7.05 Å². The molecule has 3 nitrogen and oxygen atoms in total. The predicted molar refractivity (Wildman–Crippen MR) is 36.8 cm³/mol. The van der Waals surface area contributed by atoms with E-state index in [0.717, 1.165) is 5.56 Å². The summed E-state index contributed by atoms with van der Waals surface area (Å²) in [5.74, 6) is 0.174. The molecular weight excluding hydrogens is 130 g/mol. The molecule has 0 aliphatic rings. The van der Waals surface area contributed by atoms with Crippen LogP contribution in [0.3, 0.4) is 0 Å². The minimum absolute atomic E-state index is 0.187. The third-order valence-corrected chi connectivity index (χ3v) is 1.18. The van der Waals surface area contributed by atoms with Gasteiger partial charge in [-0.1, -0.05) is 0 Å². The molecule has 1 amide bonds. The standard InChI is InChI=1S/C7H9NO2/c1-5-3-6(10-4-5)7(9)8-2/h3-4H,1-2H3,(H,8,9). The monoisotopic (exact) mass is 139 g/mol. The maximum absolute atomic E-state index is 10.8. The van der Waals surface area contributed by atoms with E-state index < -0.39 is 0 Å². The number of hydrogen-bond acceptors (Lipinski definition) is 2. The van der Waals surface area contributed by atoms with Crippen molar-refractivity contribution in [3.05, 3.63) is 23.7 Å². The Morgan fingerprint density at radius 1 is 1.70 bits per heavy atom. The Labute approximate surface area is 59.0 Å². The summed E-state index contributed by atoms with van der Waals surface area (Å²) in [7, 11) is 1.57. The molecule has 1 N–H and O–H groups in total. The lowest BCUT2D eigenvalue weighted by Crippen LogP contribution is -2.16. The molecule has 0 unspecified atom stereocenters. The Balaban J connectivity index is 2.85. The van der Waals surface area contributed by atoms with Crippen LogP contribution >= 0.6 is 0 Å². The molecule has 0 radical (unpaired) electrons. The van der Waals surface area contributed by atoms with Crippen molar-refractivity contribution in [3.63, 3.8) is 0 Å². The largest absolute Gasteiger partial charge is 0.459 e. The van der Waals surface area contributed by atoms with Crippen LogP contribution in [0.4, 0.5) is 0 Å². The van der Waals surface area contributed by atoms with E-state index in [-0.39, 0.29) is 5.91 Å². The van der Waals surface area contributed by atoms with Crippen molar-refractivity contribution in [2.24, 2.45) is 0 Å². The highest BCUT2D eigenvalue weighted by molar-refractivity contribution is 5.91. The summed E-state index contributed by atoms with van der Waals surface area (Å²) in [5, 5.41) is 2.46. The van der Waals surface area contributed by atoms with Gasteiger partial charge in [-0.05, 0) is 18.6 Å². The summed E-state index contributed by atoms with van der Waals surface area (Å²) in [5.41, 5.74) is 0.957. The minimum atomic E-state index is -0.187. The molecule has 0 saturated heterocycles. The molecule has 54 valence electrons. The molecule has 0 saturated carbocycles. The first-order valence-electron chi connectivity index (χ1n) is 3.01. The van der Waals surface area contributed by atoms with Crippen LogP contribution in [-0.4, -0.2) is 13.0 Å². The molecule has 1 aromatic heterocycles. The fourth-order valence-electron chi connectivity index (χ4n) is 0.674. The molecule has 1 aromatic rings. The summed E-state index contributed by atoms with van der Waals surface area (Å²) < 4.78 is 4.90. The van der Waals surface area contributed by atoms with Crippen LogP contribution in [0.1, 0.15) is 16.1 Å². The van der Waals surface area contributed by atoms with E-state index in [1.165, 1.54) is 0 Å². The van der Waals surface area contributed by atoms with Gasteiger partial charge in [0.05, 0.1) is 6.26 Å². The van der Waals surface area contributed by atoms with Crippen molar-refractivity contribution in [1.29, 1.82) is 0 Å². The van der Waals surface area contributed by atoms with Crippen LogP contribution in [-0.2, 0) is 0 Å². The van der Waals surface area contributed by atoms with E-state index in [4.69, 9.17) is 4.42 Å². The van der Waals surface area contributed by atoms with Crippen LogP contribution in [0.25, 0.3) is 0 Å². The highest BCUT2D eigenvalue weighted by Crippen LogP contribution is 2.04. The zero-order chi connectivity index (χ0) is 7.56. The number of nitrogens with one attached hydrogen (secondary N) is 1. The first-order valence-corrected chi connectivity index (χ1v) is 3.01. The minimum Gasteiger partial charge on any atom is -0.459 e. The SMILES string of the molecule is CNC(=O)c1cc(C)co1. The van der Waals surface area contributed by atoms with Crippen LogP contribution in [0.2, 0.25) is 0 Å². The molecular formula is C7H9NO2. The van der Waals surface area contributed by atoms with Gasteiger partial charge in [0.15, 0.2) is 5.76 Å². The number of rotatable bonds is 1. The van der Waals surface area contributed by atoms with Gasteiger partial charge in [-0.2, -0.15) is 0 Å². The van der Waals surface area contributed by atoms with E-state index >= 15 is 0 Å². The van der Waals surface area contributed by atoms with Gasteiger partial charge in [0, 0.05) is 7.05 Å².